The summed E-state index contributed by atoms with van der Waals surface area (Å²) in [6.07, 6.45) is 0.639. The molecule has 0 spiro atoms. The van der Waals surface area contributed by atoms with Gasteiger partial charge < -0.3 is 10.2 Å². The molecule has 1 aromatic carbocycles. The van der Waals surface area contributed by atoms with E-state index in [0.717, 1.165) is 23.4 Å². The molecule has 5 nitrogen and oxygen atoms in total. The van der Waals surface area contributed by atoms with Gasteiger partial charge in [0.25, 0.3) is 0 Å². The molecule has 2 rings (SSSR count). The lowest BCUT2D eigenvalue weighted by molar-refractivity contribution is 0.155. The predicted octanol–water partition coefficient (Wildman–Crippen LogP) is 3.61. The van der Waals surface area contributed by atoms with Crippen molar-refractivity contribution < 1.29 is 8.42 Å². The van der Waals surface area contributed by atoms with Gasteiger partial charge >= 0.3 is 0 Å². The average Bonchev–Trinajstić information content (AvgIpc) is 2.93. The standard InChI is InChI=1S/C21H35N3O2S2/c1-15(2)23(16(3)4)10-11-24(19-9-12-28(25,26)14-19)21(27)22-20-13-17(5)7-8-18(20)6/h7-8,13,15-16,19H,9-12,14H2,1-6H3,(H,22,27)/t19-/m0/s1. The average molecular weight is 426 g/mol. The molecule has 1 heterocycles. The van der Waals surface area contributed by atoms with Gasteiger partial charge in [-0.2, -0.15) is 0 Å². The molecule has 1 aromatic rings. The molecular formula is C21H35N3O2S2. The Labute approximate surface area is 176 Å². The highest BCUT2D eigenvalue weighted by Gasteiger charge is 2.34. The Hall–Kier alpha value is -1.18. The molecule has 1 N–H and O–H groups in total. The first-order valence-electron chi connectivity index (χ1n) is 10.1. The van der Waals surface area contributed by atoms with E-state index in [9.17, 15) is 8.42 Å². The highest BCUT2D eigenvalue weighted by Crippen LogP contribution is 2.22. The Morgan fingerprint density at radius 3 is 2.36 bits per heavy atom. The van der Waals surface area contributed by atoms with Gasteiger partial charge in [0, 0.05) is 36.9 Å². The Morgan fingerprint density at radius 1 is 1.18 bits per heavy atom. The topological polar surface area (TPSA) is 52.6 Å². The van der Waals surface area contributed by atoms with Crippen LogP contribution in [0.5, 0.6) is 0 Å². The van der Waals surface area contributed by atoms with Crippen molar-refractivity contribution >= 4 is 32.9 Å². The molecule has 0 amide bonds. The molecule has 0 aromatic heterocycles. The number of rotatable bonds is 7. The molecule has 1 aliphatic heterocycles. The van der Waals surface area contributed by atoms with Crippen molar-refractivity contribution in [1.82, 2.24) is 9.80 Å². The third-order valence-electron chi connectivity index (χ3n) is 5.47. The van der Waals surface area contributed by atoms with Crippen LogP contribution in [0.4, 0.5) is 5.69 Å². The van der Waals surface area contributed by atoms with Gasteiger partial charge in [-0.15, -0.1) is 0 Å². The second-order valence-electron chi connectivity index (χ2n) is 8.42. The van der Waals surface area contributed by atoms with E-state index in [1.54, 1.807) is 0 Å². The van der Waals surface area contributed by atoms with E-state index in [-0.39, 0.29) is 17.5 Å². The molecule has 0 bridgehead atoms. The lowest BCUT2D eigenvalue weighted by Crippen LogP contribution is -2.49. The number of sulfone groups is 1. The van der Waals surface area contributed by atoms with E-state index in [4.69, 9.17) is 12.2 Å². The largest absolute Gasteiger partial charge is 0.344 e. The molecule has 1 aliphatic rings. The highest BCUT2D eigenvalue weighted by molar-refractivity contribution is 7.91. The van der Waals surface area contributed by atoms with Crippen molar-refractivity contribution in [3.63, 3.8) is 0 Å². The second-order valence-corrected chi connectivity index (χ2v) is 11.0. The van der Waals surface area contributed by atoms with Crippen molar-refractivity contribution in [1.29, 1.82) is 0 Å². The number of thiocarbonyl (C=S) groups is 1. The number of benzene rings is 1. The van der Waals surface area contributed by atoms with Gasteiger partial charge in [-0.1, -0.05) is 12.1 Å². The summed E-state index contributed by atoms with van der Waals surface area (Å²) in [6.45, 7) is 14.4. The summed E-state index contributed by atoms with van der Waals surface area (Å²) in [5, 5.41) is 4.00. The van der Waals surface area contributed by atoms with Crippen molar-refractivity contribution in [3.05, 3.63) is 29.3 Å². The van der Waals surface area contributed by atoms with Gasteiger partial charge in [0.1, 0.15) is 0 Å². The Balaban J connectivity index is 2.19. The Kier molecular flexibility index (Phi) is 7.88. The molecule has 7 heteroatoms. The van der Waals surface area contributed by atoms with Crippen LogP contribution in [0.2, 0.25) is 0 Å². The van der Waals surface area contributed by atoms with E-state index in [2.05, 4.69) is 67.9 Å². The molecule has 0 unspecified atom stereocenters. The fourth-order valence-corrected chi connectivity index (χ4v) is 5.95. The summed E-state index contributed by atoms with van der Waals surface area (Å²) in [4.78, 5) is 4.51. The van der Waals surface area contributed by atoms with Crippen LogP contribution in [0.3, 0.4) is 0 Å². The van der Waals surface area contributed by atoms with Crippen LogP contribution in [0.25, 0.3) is 0 Å². The predicted molar refractivity (Wildman–Crippen MR) is 123 cm³/mol. The fraction of sp³-hybridized carbons (Fsp3) is 0.667. The molecule has 0 saturated carbocycles. The second kappa shape index (κ2) is 9.55. The zero-order valence-electron chi connectivity index (χ0n) is 18.0. The van der Waals surface area contributed by atoms with Gasteiger partial charge in [0.05, 0.1) is 11.5 Å². The number of hydrogen-bond donors (Lipinski definition) is 1. The lowest BCUT2D eigenvalue weighted by Gasteiger charge is -2.36. The van der Waals surface area contributed by atoms with E-state index in [1.807, 2.05) is 6.92 Å². The molecule has 1 saturated heterocycles. The third-order valence-corrected chi connectivity index (χ3v) is 7.56. The van der Waals surface area contributed by atoms with Gasteiger partial charge in [0.15, 0.2) is 14.9 Å². The van der Waals surface area contributed by atoms with E-state index in [0.29, 0.717) is 30.2 Å². The van der Waals surface area contributed by atoms with Crippen LogP contribution >= 0.6 is 12.2 Å². The smallest absolute Gasteiger partial charge is 0.173 e. The minimum atomic E-state index is -2.98. The Morgan fingerprint density at radius 2 is 1.82 bits per heavy atom. The summed E-state index contributed by atoms with van der Waals surface area (Å²) in [7, 11) is -2.98. The van der Waals surface area contributed by atoms with Crippen molar-refractivity contribution in [2.45, 2.75) is 66.1 Å². The zero-order chi connectivity index (χ0) is 21.1. The maximum absolute atomic E-state index is 12.1. The van der Waals surface area contributed by atoms with Gasteiger partial charge in [-0.3, -0.25) is 4.90 Å². The summed E-state index contributed by atoms with van der Waals surface area (Å²) >= 11 is 5.76. The quantitative estimate of drug-likeness (QED) is 0.674. The van der Waals surface area contributed by atoms with E-state index in [1.165, 1.54) is 0 Å². The highest BCUT2D eigenvalue weighted by atomic mass is 32.2. The van der Waals surface area contributed by atoms with Crippen LogP contribution in [-0.2, 0) is 9.84 Å². The van der Waals surface area contributed by atoms with Crippen LogP contribution < -0.4 is 5.32 Å². The summed E-state index contributed by atoms with van der Waals surface area (Å²) in [5.74, 6) is 0.434. The third kappa shape index (κ3) is 6.16. The number of aryl methyl sites for hydroxylation is 2. The van der Waals surface area contributed by atoms with Crippen LogP contribution in [0.1, 0.15) is 45.2 Å². The number of hydrogen-bond acceptors (Lipinski definition) is 4. The molecule has 1 atom stereocenters. The fourth-order valence-electron chi connectivity index (χ4n) is 3.86. The molecule has 28 heavy (non-hydrogen) atoms. The van der Waals surface area contributed by atoms with Crippen LogP contribution in [-0.4, -0.2) is 66.1 Å². The van der Waals surface area contributed by atoms with E-state index < -0.39 is 9.84 Å². The van der Waals surface area contributed by atoms with Gasteiger partial charge in [-0.05, 0) is 77.4 Å². The first-order chi connectivity index (χ1) is 13.0. The van der Waals surface area contributed by atoms with Gasteiger partial charge in [0.2, 0.25) is 0 Å². The summed E-state index contributed by atoms with van der Waals surface area (Å²) in [5.41, 5.74) is 3.27. The van der Waals surface area contributed by atoms with Crippen molar-refractivity contribution in [3.8, 4) is 0 Å². The molecule has 0 radical (unpaired) electrons. The number of anilines is 1. The minimum absolute atomic E-state index is 0.0590. The monoisotopic (exact) mass is 425 g/mol. The Bertz CT molecular complexity index is 783. The minimum Gasteiger partial charge on any atom is -0.344 e. The summed E-state index contributed by atoms with van der Waals surface area (Å²) < 4.78 is 24.2. The van der Waals surface area contributed by atoms with Crippen LogP contribution in [0, 0.1) is 13.8 Å². The lowest BCUT2D eigenvalue weighted by atomic mass is 10.1. The molecule has 158 valence electrons. The first kappa shape index (κ1) is 23.1. The first-order valence-corrected chi connectivity index (χ1v) is 12.3. The molecule has 1 fully saturated rings. The molecular weight excluding hydrogens is 390 g/mol. The van der Waals surface area contributed by atoms with Crippen molar-refractivity contribution in [2.24, 2.45) is 0 Å². The van der Waals surface area contributed by atoms with Crippen LogP contribution in [0.15, 0.2) is 18.2 Å². The maximum atomic E-state index is 12.1. The maximum Gasteiger partial charge on any atom is 0.173 e. The van der Waals surface area contributed by atoms with Crippen molar-refractivity contribution in [2.75, 3.05) is 29.9 Å². The zero-order valence-corrected chi connectivity index (χ0v) is 19.7. The van der Waals surface area contributed by atoms with Gasteiger partial charge in [-0.25, -0.2) is 8.42 Å². The van der Waals surface area contributed by atoms with E-state index >= 15 is 0 Å². The SMILES string of the molecule is Cc1ccc(C)c(NC(=S)N(CCN(C(C)C)C(C)C)[C@H]2CCS(=O)(=O)C2)c1. The molecule has 0 aliphatic carbocycles. The summed E-state index contributed by atoms with van der Waals surface area (Å²) in [6, 6.07) is 7.03. The number of nitrogens with one attached hydrogen (secondary N) is 1. The number of nitrogens with zero attached hydrogens (tertiary/aromatic N) is 2. The normalized spacial score (nSPS) is 18.8.